The monoisotopic (exact) mass is 388 g/mol. The summed E-state index contributed by atoms with van der Waals surface area (Å²) >= 11 is 1.95. The number of nitrogens with one attached hydrogen (secondary N) is 1. The largest absolute Gasteiger partial charge is 0.411 e. The lowest BCUT2D eigenvalue weighted by atomic mass is 10.2. The van der Waals surface area contributed by atoms with E-state index in [2.05, 4.69) is 14.7 Å². The second kappa shape index (κ2) is 5.78. The number of H-pyrrole nitrogens is 1. The van der Waals surface area contributed by atoms with Crippen molar-refractivity contribution in [3.8, 4) is 0 Å². The summed E-state index contributed by atoms with van der Waals surface area (Å²) in [7, 11) is 0. The van der Waals surface area contributed by atoms with Gasteiger partial charge in [0.2, 0.25) is 0 Å². The van der Waals surface area contributed by atoms with Gasteiger partial charge in [-0.2, -0.15) is 13.2 Å². The fourth-order valence-electron chi connectivity index (χ4n) is 1.63. The van der Waals surface area contributed by atoms with Crippen LogP contribution < -0.4 is 5.56 Å². The molecule has 0 saturated heterocycles. The first-order valence-electron chi connectivity index (χ1n) is 5.80. The fourth-order valence-corrected chi connectivity index (χ4v) is 2.32. The highest BCUT2D eigenvalue weighted by Gasteiger charge is 2.29. The van der Waals surface area contributed by atoms with E-state index in [1.165, 1.54) is 0 Å². The molecule has 0 aromatic carbocycles. The van der Waals surface area contributed by atoms with Crippen molar-refractivity contribution in [1.29, 1.82) is 0 Å². The Kier molecular flexibility index (Phi) is 4.49. The van der Waals surface area contributed by atoms with E-state index in [1.54, 1.807) is 0 Å². The standard InChI is InChI=1S/C11H12F3IN2O2/c12-11(13,14)5-19-4-3-7-16-9(6-1-2-6)8(15)10(18)17-7/h6H,1-5H2,(H,16,17,18). The zero-order chi connectivity index (χ0) is 14.0. The fraction of sp³-hybridized carbons (Fsp3) is 0.636. The van der Waals surface area contributed by atoms with Gasteiger partial charge in [0.15, 0.2) is 0 Å². The van der Waals surface area contributed by atoms with Crippen LogP contribution in [0.2, 0.25) is 0 Å². The maximum absolute atomic E-state index is 11.9. The summed E-state index contributed by atoms with van der Waals surface area (Å²) in [6, 6.07) is 0. The van der Waals surface area contributed by atoms with Gasteiger partial charge in [0.05, 0.1) is 15.9 Å². The molecule has 0 unspecified atom stereocenters. The van der Waals surface area contributed by atoms with Gasteiger partial charge in [-0.25, -0.2) is 4.98 Å². The third-order valence-corrected chi connectivity index (χ3v) is 3.69. The van der Waals surface area contributed by atoms with Gasteiger partial charge in [0, 0.05) is 12.3 Å². The van der Waals surface area contributed by atoms with Crippen molar-refractivity contribution in [2.24, 2.45) is 0 Å². The molecule has 0 spiro atoms. The lowest BCUT2D eigenvalue weighted by molar-refractivity contribution is -0.173. The third kappa shape index (κ3) is 4.44. The summed E-state index contributed by atoms with van der Waals surface area (Å²) in [6.45, 7) is -1.40. The number of aromatic amines is 1. The van der Waals surface area contributed by atoms with Crippen LogP contribution in [-0.2, 0) is 11.2 Å². The van der Waals surface area contributed by atoms with E-state index < -0.39 is 12.8 Å². The highest BCUT2D eigenvalue weighted by atomic mass is 127. The molecule has 106 valence electrons. The van der Waals surface area contributed by atoms with Crippen molar-refractivity contribution in [2.75, 3.05) is 13.2 Å². The van der Waals surface area contributed by atoms with Crippen LogP contribution in [0.5, 0.6) is 0 Å². The minimum Gasteiger partial charge on any atom is -0.372 e. The number of halogens is 4. The summed E-state index contributed by atoms with van der Waals surface area (Å²) in [5, 5.41) is 0. The van der Waals surface area contributed by atoms with Crippen LogP contribution in [0.25, 0.3) is 0 Å². The van der Waals surface area contributed by atoms with Crippen LogP contribution in [0, 0.1) is 3.57 Å². The molecule has 2 rings (SSSR count). The molecule has 8 heteroatoms. The number of nitrogens with zero attached hydrogens (tertiary/aromatic N) is 1. The zero-order valence-corrected chi connectivity index (χ0v) is 12.0. The van der Waals surface area contributed by atoms with Gasteiger partial charge in [-0.15, -0.1) is 0 Å². The molecule has 1 aliphatic rings. The van der Waals surface area contributed by atoms with E-state index in [0.29, 0.717) is 15.3 Å². The van der Waals surface area contributed by atoms with Gasteiger partial charge in [-0.1, -0.05) is 0 Å². The average Bonchev–Trinajstić information content (AvgIpc) is 3.11. The SMILES string of the molecule is O=c1[nH]c(CCOCC(F)(F)F)nc(C2CC2)c1I. The van der Waals surface area contributed by atoms with Crippen molar-refractivity contribution in [3.63, 3.8) is 0 Å². The van der Waals surface area contributed by atoms with Crippen LogP contribution in [-0.4, -0.2) is 29.4 Å². The van der Waals surface area contributed by atoms with E-state index in [1.807, 2.05) is 22.6 Å². The van der Waals surface area contributed by atoms with Gasteiger partial charge in [0.25, 0.3) is 5.56 Å². The molecule has 1 N–H and O–H groups in total. The maximum Gasteiger partial charge on any atom is 0.411 e. The van der Waals surface area contributed by atoms with E-state index >= 15 is 0 Å². The van der Waals surface area contributed by atoms with E-state index in [9.17, 15) is 18.0 Å². The summed E-state index contributed by atoms with van der Waals surface area (Å²) in [6.07, 6.45) is -2.14. The normalized spacial score (nSPS) is 15.8. The summed E-state index contributed by atoms with van der Waals surface area (Å²) in [4.78, 5) is 18.5. The smallest absolute Gasteiger partial charge is 0.372 e. The van der Waals surface area contributed by atoms with E-state index in [-0.39, 0.29) is 18.6 Å². The molecular formula is C11H12F3IN2O2. The molecule has 1 heterocycles. The number of rotatable bonds is 5. The Morgan fingerprint density at radius 1 is 1.42 bits per heavy atom. The highest BCUT2D eigenvalue weighted by Crippen LogP contribution is 2.40. The summed E-state index contributed by atoms with van der Waals surface area (Å²) < 4.78 is 40.7. The summed E-state index contributed by atoms with van der Waals surface area (Å²) in [5.74, 6) is 0.707. The predicted molar refractivity (Wildman–Crippen MR) is 70.1 cm³/mol. The molecule has 0 aliphatic heterocycles. The molecule has 0 amide bonds. The first-order valence-corrected chi connectivity index (χ1v) is 6.88. The van der Waals surface area contributed by atoms with Crippen LogP contribution in [0.1, 0.15) is 30.3 Å². The van der Waals surface area contributed by atoms with Crippen molar-refractivity contribution in [3.05, 3.63) is 25.4 Å². The molecule has 1 saturated carbocycles. The Morgan fingerprint density at radius 3 is 2.68 bits per heavy atom. The molecule has 1 aliphatic carbocycles. The van der Waals surface area contributed by atoms with Crippen LogP contribution >= 0.6 is 22.6 Å². The molecule has 1 aromatic heterocycles. The van der Waals surface area contributed by atoms with Crippen molar-refractivity contribution in [1.82, 2.24) is 9.97 Å². The Labute approximate surface area is 120 Å². The maximum atomic E-state index is 11.9. The Morgan fingerprint density at radius 2 is 2.11 bits per heavy atom. The first-order chi connectivity index (χ1) is 8.87. The zero-order valence-electron chi connectivity index (χ0n) is 9.89. The molecule has 4 nitrogen and oxygen atoms in total. The first kappa shape index (κ1) is 14.8. The molecular weight excluding hydrogens is 376 g/mol. The van der Waals surface area contributed by atoms with Gasteiger partial charge < -0.3 is 9.72 Å². The topological polar surface area (TPSA) is 55.0 Å². The quantitative estimate of drug-likeness (QED) is 0.623. The van der Waals surface area contributed by atoms with Crippen molar-refractivity contribution >= 4 is 22.6 Å². The Bertz CT molecular complexity index is 512. The van der Waals surface area contributed by atoms with Gasteiger partial charge in [-0.3, -0.25) is 4.79 Å². The lowest BCUT2D eigenvalue weighted by Gasteiger charge is -2.08. The van der Waals surface area contributed by atoms with E-state index in [0.717, 1.165) is 18.5 Å². The lowest BCUT2D eigenvalue weighted by Crippen LogP contribution is -2.21. The molecule has 0 atom stereocenters. The highest BCUT2D eigenvalue weighted by molar-refractivity contribution is 14.1. The minimum atomic E-state index is -4.33. The Hall–Kier alpha value is -0.640. The Balaban J connectivity index is 1.95. The van der Waals surface area contributed by atoms with Gasteiger partial charge in [0.1, 0.15) is 12.4 Å². The van der Waals surface area contributed by atoms with Crippen LogP contribution in [0.4, 0.5) is 13.2 Å². The van der Waals surface area contributed by atoms with Crippen molar-refractivity contribution < 1.29 is 17.9 Å². The second-order valence-electron chi connectivity index (χ2n) is 4.40. The molecule has 0 bridgehead atoms. The number of ether oxygens (including phenoxy) is 1. The van der Waals surface area contributed by atoms with Crippen molar-refractivity contribution in [2.45, 2.75) is 31.4 Å². The summed E-state index contributed by atoms with van der Waals surface area (Å²) in [5.41, 5.74) is 0.526. The number of alkyl halides is 3. The minimum absolute atomic E-state index is 0.118. The molecule has 19 heavy (non-hydrogen) atoms. The average molecular weight is 388 g/mol. The van der Waals surface area contributed by atoms with Gasteiger partial charge >= 0.3 is 6.18 Å². The molecule has 1 fully saturated rings. The van der Waals surface area contributed by atoms with E-state index in [4.69, 9.17) is 0 Å². The van der Waals surface area contributed by atoms with Crippen LogP contribution in [0.3, 0.4) is 0 Å². The third-order valence-electron chi connectivity index (χ3n) is 2.65. The number of hydrogen-bond donors (Lipinski definition) is 1. The number of hydrogen-bond acceptors (Lipinski definition) is 3. The molecule has 1 aromatic rings. The number of aromatic nitrogens is 2. The van der Waals surface area contributed by atoms with Crippen LogP contribution in [0.15, 0.2) is 4.79 Å². The predicted octanol–water partition coefficient (Wildman–Crippen LogP) is 2.37. The van der Waals surface area contributed by atoms with Gasteiger partial charge in [-0.05, 0) is 35.4 Å². The molecule has 0 radical (unpaired) electrons. The second-order valence-corrected chi connectivity index (χ2v) is 5.48.